The van der Waals surface area contributed by atoms with Crippen molar-refractivity contribution < 1.29 is 18.8 Å². The molecule has 0 radical (unpaired) electrons. The normalized spacial score (nSPS) is 17.2. The number of rotatable bonds is 6. The highest BCUT2D eigenvalue weighted by Gasteiger charge is 2.30. The van der Waals surface area contributed by atoms with Crippen LogP contribution in [0.3, 0.4) is 0 Å². The molecule has 0 saturated carbocycles. The van der Waals surface area contributed by atoms with Gasteiger partial charge in [0.05, 0.1) is 12.6 Å². The van der Waals surface area contributed by atoms with E-state index < -0.39 is 0 Å². The molecule has 6 nitrogen and oxygen atoms in total. The number of carbonyl (C=O) groups excluding carboxylic acids is 3. The lowest BCUT2D eigenvalue weighted by Crippen LogP contribution is -2.42. The van der Waals surface area contributed by atoms with E-state index in [1.54, 1.807) is 17.0 Å². The first-order chi connectivity index (χ1) is 10.9. The maximum absolute atomic E-state index is 12.8. The molecule has 1 atom stereocenters. The highest BCUT2D eigenvalue weighted by molar-refractivity contribution is 5.85. The van der Waals surface area contributed by atoms with Gasteiger partial charge in [-0.3, -0.25) is 14.4 Å². The third kappa shape index (κ3) is 5.36. The topological polar surface area (TPSA) is 78.5 Å². The van der Waals surface area contributed by atoms with Crippen molar-refractivity contribution in [2.45, 2.75) is 25.8 Å². The van der Waals surface area contributed by atoms with E-state index in [4.69, 9.17) is 0 Å². The molecule has 1 heterocycles. The average Bonchev–Trinajstić information content (AvgIpc) is 2.84. The molecule has 7 heteroatoms. The molecule has 1 aromatic carbocycles. The smallest absolute Gasteiger partial charge is 0.239 e. The van der Waals surface area contributed by atoms with Gasteiger partial charge in [-0.2, -0.15) is 0 Å². The van der Waals surface area contributed by atoms with Crippen LogP contribution in [0.15, 0.2) is 24.3 Å². The Bertz CT molecular complexity index is 589. The van der Waals surface area contributed by atoms with E-state index >= 15 is 0 Å². The zero-order valence-corrected chi connectivity index (χ0v) is 13.0. The third-order valence-corrected chi connectivity index (χ3v) is 3.66. The Morgan fingerprint density at radius 2 is 2.00 bits per heavy atom. The molecule has 1 aliphatic heterocycles. The van der Waals surface area contributed by atoms with E-state index in [0.29, 0.717) is 19.5 Å². The summed E-state index contributed by atoms with van der Waals surface area (Å²) in [5.41, 5.74) is 0.956. The van der Waals surface area contributed by atoms with E-state index in [1.807, 2.05) is 0 Å². The van der Waals surface area contributed by atoms with E-state index in [-0.39, 0.29) is 42.5 Å². The fourth-order valence-corrected chi connectivity index (χ4v) is 2.48. The van der Waals surface area contributed by atoms with Crippen molar-refractivity contribution in [2.24, 2.45) is 0 Å². The van der Waals surface area contributed by atoms with Crippen molar-refractivity contribution in [3.8, 4) is 0 Å². The number of nitrogens with one attached hydrogen (secondary N) is 2. The second-order valence-electron chi connectivity index (χ2n) is 5.59. The second kappa shape index (κ2) is 7.71. The fraction of sp³-hybridized carbons (Fsp3) is 0.438. The van der Waals surface area contributed by atoms with Gasteiger partial charge in [-0.25, -0.2) is 4.39 Å². The third-order valence-electron chi connectivity index (χ3n) is 3.66. The van der Waals surface area contributed by atoms with Gasteiger partial charge in [0.1, 0.15) is 5.82 Å². The zero-order chi connectivity index (χ0) is 16.8. The van der Waals surface area contributed by atoms with Gasteiger partial charge in [0.15, 0.2) is 0 Å². The van der Waals surface area contributed by atoms with Crippen LogP contribution in [0.5, 0.6) is 0 Å². The summed E-state index contributed by atoms with van der Waals surface area (Å²) in [6, 6.07) is 5.95. The Kier molecular flexibility index (Phi) is 5.67. The minimum Gasteiger partial charge on any atom is -0.350 e. The molecule has 1 fully saturated rings. The lowest BCUT2D eigenvalue weighted by atomic mass is 10.1. The van der Waals surface area contributed by atoms with Crippen LogP contribution >= 0.6 is 0 Å². The maximum atomic E-state index is 12.8. The minimum atomic E-state index is -0.307. The van der Waals surface area contributed by atoms with Gasteiger partial charge >= 0.3 is 0 Å². The summed E-state index contributed by atoms with van der Waals surface area (Å²) in [4.78, 5) is 36.0. The molecule has 1 saturated heterocycles. The molecule has 2 N–H and O–H groups in total. The number of hydrogen-bond acceptors (Lipinski definition) is 3. The van der Waals surface area contributed by atoms with Crippen molar-refractivity contribution in [1.82, 2.24) is 15.5 Å². The van der Waals surface area contributed by atoms with Crippen molar-refractivity contribution in [2.75, 3.05) is 19.6 Å². The summed E-state index contributed by atoms with van der Waals surface area (Å²) in [5, 5.41) is 5.15. The summed E-state index contributed by atoms with van der Waals surface area (Å²) in [5.74, 6) is -0.883. The standard InChI is InChI=1S/C16H20FN3O3/c1-11(21)18-9-15(22)19-14-8-16(23)20(10-14)7-6-12-2-4-13(17)5-3-12/h2-5,14H,6-10H2,1H3,(H,18,21)(H,19,22). The summed E-state index contributed by atoms with van der Waals surface area (Å²) >= 11 is 0. The number of halogens is 1. The number of likely N-dealkylation sites (tertiary alicyclic amines) is 1. The highest BCUT2D eigenvalue weighted by Crippen LogP contribution is 2.12. The van der Waals surface area contributed by atoms with Crippen LogP contribution in [0.2, 0.25) is 0 Å². The molecular formula is C16H20FN3O3. The first kappa shape index (κ1) is 16.9. The van der Waals surface area contributed by atoms with Crippen LogP contribution < -0.4 is 10.6 Å². The molecule has 2 rings (SSSR count). The van der Waals surface area contributed by atoms with Gasteiger partial charge in [0, 0.05) is 26.4 Å². The molecule has 1 aromatic rings. The molecule has 0 aromatic heterocycles. The highest BCUT2D eigenvalue weighted by atomic mass is 19.1. The van der Waals surface area contributed by atoms with Crippen molar-refractivity contribution in [3.05, 3.63) is 35.6 Å². The summed E-state index contributed by atoms with van der Waals surface area (Å²) in [6.07, 6.45) is 0.897. The Morgan fingerprint density at radius 3 is 2.65 bits per heavy atom. The molecule has 1 unspecified atom stereocenters. The van der Waals surface area contributed by atoms with E-state index in [2.05, 4.69) is 10.6 Å². The fourth-order valence-electron chi connectivity index (χ4n) is 2.48. The number of carbonyl (C=O) groups is 3. The summed E-state index contributed by atoms with van der Waals surface area (Å²) in [7, 11) is 0. The van der Waals surface area contributed by atoms with E-state index in [0.717, 1.165) is 5.56 Å². The number of amides is 3. The monoisotopic (exact) mass is 321 g/mol. The molecule has 1 aliphatic rings. The first-order valence-corrected chi connectivity index (χ1v) is 7.50. The van der Waals surface area contributed by atoms with Gasteiger partial charge in [-0.05, 0) is 24.1 Å². The summed E-state index contributed by atoms with van der Waals surface area (Å²) in [6.45, 7) is 2.23. The first-order valence-electron chi connectivity index (χ1n) is 7.50. The van der Waals surface area contributed by atoms with E-state index in [1.165, 1.54) is 19.1 Å². The quantitative estimate of drug-likeness (QED) is 0.787. The van der Waals surface area contributed by atoms with Crippen LogP contribution in [-0.2, 0) is 20.8 Å². The lowest BCUT2D eigenvalue weighted by molar-refractivity contribution is -0.127. The summed E-state index contributed by atoms with van der Waals surface area (Å²) < 4.78 is 12.8. The second-order valence-corrected chi connectivity index (χ2v) is 5.59. The molecular weight excluding hydrogens is 301 g/mol. The van der Waals surface area contributed by atoms with Crippen LogP contribution in [0.1, 0.15) is 18.9 Å². The van der Waals surface area contributed by atoms with Crippen LogP contribution in [-0.4, -0.2) is 48.3 Å². The van der Waals surface area contributed by atoms with Gasteiger partial charge in [-0.15, -0.1) is 0 Å². The van der Waals surface area contributed by atoms with Gasteiger partial charge < -0.3 is 15.5 Å². The Labute approximate surface area is 134 Å². The SMILES string of the molecule is CC(=O)NCC(=O)NC1CC(=O)N(CCc2ccc(F)cc2)C1. The molecule has 23 heavy (non-hydrogen) atoms. The zero-order valence-electron chi connectivity index (χ0n) is 13.0. The van der Waals surface area contributed by atoms with Gasteiger partial charge in [0.25, 0.3) is 0 Å². The predicted octanol–water partition coefficient (Wildman–Crippen LogP) is 0.221. The molecule has 3 amide bonds. The Hall–Kier alpha value is -2.44. The molecule has 0 aliphatic carbocycles. The number of benzene rings is 1. The Balaban J connectivity index is 1.77. The number of nitrogens with zero attached hydrogens (tertiary/aromatic N) is 1. The largest absolute Gasteiger partial charge is 0.350 e. The predicted molar refractivity (Wildman–Crippen MR) is 81.9 cm³/mol. The average molecular weight is 321 g/mol. The lowest BCUT2D eigenvalue weighted by Gasteiger charge is -2.17. The number of hydrogen-bond donors (Lipinski definition) is 2. The van der Waals surface area contributed by atoms with Crippen LogP contribution in [0.4, 0.5) is 4.39 Å². The maximum Gasteiger partial charge on any atom is 0.239 e. The molecule has 0 bridgehead atoms. The van der Waals surface area contributed by atoms with Crippen molar-refractivity contribution >= 4 is 17.7 Å². The van der Waals surface area contributed by atoms with Crippen LogP contribution in [0, 0.1) is 5.82 Å². The Morgan fingerprint density at radius 1 is 1.30 bits per heavy atom. The van der Waals surface area contributed by atoms with Gasteiger partial charge in [0.2, 0.25) is 17.7 Å². The van der Waals surface area contributed by atoms with Crippen molar-refractivity contribution in [3.63, 3.8) is 0 Å². The van der Waals surface area contributed by atoms with E-state index in [9.17, 15) is 18.8 Å². The molecule has 124 valence electrons. The van der Waals surface area contributed by atoms with Crippen molar-refractivity contribution in [1.29, 1.82) is 0 Å². The molecule has 0 spiro atoms. The van der Waals surface area contributed by atoms with Crippen LogP contribution in [0.25, 0.3) is 0 Å². The minimum absolute atomic E-state index is 0.0167. The van der Waals surface area contributed by atoms with Gasteiger partial charge in [-0.1, -0.05) is 12.1 Å².